The summed E-state index contributed by atoms with van der Waals surface area (Å²) in [5.41, 5.74) is 19.1. The second kappa shape index (κ2) is 43.4. The maximum absolute atomic E-state index is 11.2. The average molecular weight is 930 g/mol. The van der Waals surface area contributed by atoms with Crippen molar-refractivity contribution in [2.24, 2.45) is 0 Å². The molecule has 0 aromatic heterocycles. The number of aryl methyl sites for hydroxylation is 2. The van der Waals surface area contributed by atoms with Gasteiger partial charge in [0.05, 0.1) is 0 Å². The van der Waals surface area contributed by atoms with E-state index in [4.69, 9.17) is 0 Å². The topological polar surface area (TPSA) is 25.3 Å². The van der Waals surface area contributed by atoms with Gasteiger partial charge in [0, 0.05) is 22.8 Å². The Morgan fingerprint density at radius 3 is 1.00 bits per heavy atom. The van der Waals surface area contributed by atoms with E-state index in [1.807, 2.05) is 0 Å². The van der Waals surface area contributed by atoms with Crippen LogP contribution in [-0.4, -0.2) is 4.70 Å². The van der Waals surface area contributed by atoms with Crippen molar-refractivity contribution in [1.82, 2.24) is 0 Å². The quantitative estimate of drug-likeness (QED) is 0.0285. The van der Waals surface area contributed by atoms with Crippen molar-refractivity contribution < 1.29 is 25.1 Å². The maximum Gasteiger partial charge on any atom is 2.00 e. The first kappa shape index (κ1) is 59.2. The maximum atomic E-state index is 11.2. The minimum atomic E-state index is 0. The first-order valence-electron chi connectivity index (χ1n) is 26.2. The molecule has 0 bridgehead atoms. The van der Waals surface area contributed by atoms with Crippen molar-refractivity contribution in [3.8, 4) is 0 Å². The molecule has 2 nitrogen and oxygen atoms in total. The first-order valence-corrected chi connectivity index (χ1v) is 26.2. The Morgan fingerprint density at radius 2 is 0.672 bits per heavy atom. The Hall–Kier alpha value is -1.82. The number of hydrogen-bond acceptors (Lipinski definition) is 0. The predicted molar refractivity (Wildman–Crippen MR) is 270 cm³/mol. The fraction of sp³-hybridized carbons (Fsp3) is 0.690. The Morgan fingerprint density at radius 1 is 0.377 bits per heavy atom. The van der Waals surface area contributed by atoms with Gasteiger partial charge in [-0.25, -0.2) is 4.70 Å². The van der Waals surface area contributed by atoms with E-state index < -0.39 is 0 Å². The molecule has 0 N–H and O–H groups in total. The molecular formula is C58H98N2Pd. The first-order chi connectivity index (χ1) is 29.5. The van der Waals surface area contributed by atoms with Gasteiger partial charge < -0.3 is 19.4 Å². The van der Waals surface area contributed by atoms with E-state index in [0.717, 1.165) is 67.5 Å². The number of allylic oxidation sites excluding steroid dienone is 2. The summed E-state index contributed by atoms with van der Waals surface area (Å²) in [6, 6.07) is 17.5. The van der Waals surface area contributed by atoms with Crippen LogP contribution >= 0.6 is 0 Å². The summed E-state index contributed by atoms with van der Waals surface area (Å²) >= 11 is 0. The van der Waals surface area contributed by atoms with Crippen molar-refractivity contribution in [2.75, 3.05) is 0 Å². The third-order valence-corrected chi connectivity index (χ3v) is 12.2. The molecule has 2 aromatic carbocycles. The summed E-state index contributed by atoms with van der Waals surface area (Å²) in [6.07, 6.45) is 49.2. The largest absolute Gasteiger partial charge is 2.00 e. The Labute approximate surface area is 395 Å². The van der Waals surface area contributed by atoms with E-state index in [1.54, 1.807) is 0 Å². The molecule has 1 aliphatic rings. The summed E-state index contributed by atoms with van der Waals surface area (Å²) in [7, 11) is 0. The molecule has 0 saturated heterocycles. The number of benzene rings is 2. The molecule has 3 rings (SSSR count). The van der Waals surface area contributed by atoms with Crippen LogP contribution in [-0.2, 0) is 33.3 Å². The van der Waals surface area contributed by atoms with E-state index in [-0.39, 0.29) is 20.4 Å². The zero-order chi connectivity index (χ0) is 43.7. The van der Waals surface area contributed by atoms with Crippen LogP contribution in [0, 0.1) is 13.8 Å². The van der Waals surface area contributed by atoms with Gasteiger partial charge in [-0.1, -0.05) is 232 Å². The summed E-state index contributed by atoms with van der Waals surface area (Å²) in [5.74, 6) is 0. The molecule has 2 aromatic rings. The molecule has 0 saturated carbocycles. The van der Waals surface area contributed by atoms with Gasteiger partial charge in [0.2, 0.25) is 11.4 Å². The van der Waals surface area contributed by atoms with Crippen LogP contribution in [0.2, 0.25) is 0 Å². The van der Waals surface area contributed by atoms with Crippen LogP contribution < -0.4 is 0 Å². The predicted octanol–water partition coefficient (Wildman–Crippen LogP) is 20.2. The molecule has 1 aliphatic heterocycles. The molecule has 61 heavy (non-hydrogen) atoms. The monoisotopic (exact) mass is 929 g/mol. The van der Waals surface area contributed by atoms with Crippen LogP contribution in [0.1, 0.15) is 269 Å². The molecule has 0 aliphatic carbocycles. The van der Waals surface area contributed by atoms with Crippen LogP contribution in [0.25, 0.3) is 16.9 Å². The third kappa shape index (κ3) is 30.0. The summed E-state index contributed by atoms with van der Waals surface area (Å²) in [5, 5.41) is 0. The summed E-state index contributed by atoms with van der Waals surface area (Å²) in [6.45, 7) is 19.0. The number of hydrogen-bond donors (Lipinski definition) is 0. The fourth-order valence-corrected chi connectivity index (χ4v) is 8.09. The van der Waals surface area contributed by atoms with E-state index in [2.05, 4.69) is 103 Å². The number of unbranched alkanes of at least 4 members (excludes halogenated alkanes) is 27. The van der Waals surface area contributed by atoms with Crippen molar-refractivity contribution >= 4 is 11.4 Å². The molecule has 0 amide bonds. The van der Waals surface area contributed by atoms with Gasteiger partial charge in [-0.15, -0.1) is 0 Å². The minimum absolute atomic E-state index is 0. The minimum Gasteiger partial charge on any atom is -0.493 e. The molecule has 350 valence electrons. The molecule has 0 fully saturated rings. The number of rotatable bonds is 35. The molecule has 0 unspecified atom stereocenters. The Kier molecular flexibility index (Phi) is 42.1. The summed E-state index contributed by atoms with van der Waals surface area (Å²) in [4.78, 5) is 0. The van der Waals surface area contributed by atoms with Crippen molar-refractivity contribution in [1.29, 1.82) is 0 Å². The van der Waals surface area contributed by atoms with Crippen LogP contribution in [0.4, 0.5) is 0 Å². The smallest absolute Gasteiger partial charge is 0.493 e. The van der Waals surface area contributed by atoms with Crippen molar-refractivity contribution in [3.05, 3.63) is 102 Å². The average Bonchev–Trinajstić information content (AvgIpc) is 3.61. The summed E-state index contributed by atoms with van der Waals surface area (Å²) < 4.78 is 1.41. The zero-order valence-electron chi connectivity index (χ0n) is 41.1. The van der Waals surface area contributed by atoms with Crippen LogP contribution in [0.15, 0.2) is 60.2 Å². The van der Waals surface area contributed by atoms with E-state index in [9.17, 15) is 5.53 Å². The third-order valence-electron chi connectivity index (χ3n) is 12.2. The van der Waals surface area contributed by atoms with Crippen molar-refractivity contribution in [3.63, 3.8) is 0 Å². The molecule has 0 spiro atoms. The molecule has 1 heterocycles. The second-order valence-electron chi connectivity index (χ2n) is 17.9. The van der Waals surface area contributed by atoms with Gasteiger partial charge in [-0.05, 0) is 73.9 Å². The van der Waals surface area contributed by atoms with Gasteiger partial charge in [-0.3, -0.25) is 0 Å². The molecule has 3 heteroatoms. The van der Waals surface area contributed by atoms with Crippen molar-refractivity contribution in [2.45, 2.75) is 259 Å². The van der Waals surface area contributed by atoms with E-state index in [1.165, 1.54) is 201 Å². The van der Waals surface area contributed by atoms with E-state index in [0.29, 0.717) is 0 Å². The Balaban J connectivity index is 0.000000985. The SMILES string of the molecule is CCCCC1=C(c2ccc(CCCC)cc2)[N+](=[N-])C(c2ccc(CCCC)cc2)=C1.[CH2-]CCCCCCCCCCCCCC.[CH2-]CCCCCCCCCCCCCC.[Pd+2]. The van der Waals surface area contributed by atoms with Gasteiger partial charge >= 0.3 is 20.4 Å². The molecular weight excluding hydrogens is 831 g/mol. The second-order valence-corrected chi connectivity index (χ2v) is 17.9. The molecule has 0 atom stereocenters. The molecule has 0 radical (unpaired) electrons. The zero-order valence-corrected chi connectivity index (χ0v) is 42.6. The van der Waals surface area contributed by atoms with Crippen LogP contribution in [0.5, 0.6) is 0 Å². The standard InChI is InChI=1S/C28H36N2.2C15H31.Pd/c1-4-7-10-22-13-17-24(18-14-22)27-21-26(12-9-6-3)28(30(27)29)25-19-15-23(16-20-25)11-8-5-2;2*1-3-5-7-9-11-13-15-14-12-10-8-6-4-2;/h13-21H,4-12H2,1-3H3;2*1,3-15H2,2H3;/q;2*-1;+2. The van der Waals surface area contributed by atoms with Gasteiger partial charge in [0.15, 0.2) is 0 Å². The Bertz CT molecular complexity index is 1270. The normalized spacial score (nSPS) is 12.1. The van der Waals surface area contributed by atoms with Gasteiger partial charge in [-0.2, -0.15) is 12.8 Å². The van der Waals surface area contributed by atoms with Gasteiger partial charge in [0.25, 0.3) is 0 Å². The van der Waals surface area contributed by atoms with Crippen LogP contribution in [0.3, 0.4) is 0 Å². The number of nitrogens with zero attached hydrogens (tertiary/aromatic N) is 2. The fourth-order valence-electron chi connectivity index (χ4n) is 8.09. The van der Waals surface area contributed by atoms with E-state index >= 15 is 0 Å². The van der Waals surface area contributed by atoms with Gasteiger partial charge in [0.1, 0.15) is 0 Å².